The van der Waals surface area contributed by atoms with Crippen molar-refractivity contribution >= 4 is 5.97 Å². The third-order valence-corrected chi connectivity index (χ3v) is 2.96. The number of esters is 1. The molecule has 0 aromatic carbocycles. The Morgan fingerprint density at radius 3 is 2.85 bits per heavy atom. The van der Waals surface area contributed by atoms with Gasteiger partial charge in [-0.1, -0.05) is 0 Å². The van der Waals surface area contributed by atoms with E-state index in [2.05, 4.69) is 0 Å². The summed E-state index contributed by atoms with van der Waals surface area (Å²) in [4.78, 5) is 13.5. The van der Waals surface area contributed by atoms with Crippen LogP contribution in [0.4, 0.5) is 0 Å². The highest BCUT2D eigenvalue weighted by Crippen LogP contribution is 2.26. The highest BCUT2D eigenvalue weighted by Gasteiger charge is 2.42. The molecule has 0 amide bonds. The van der Waals surface area contributed by atoms with E-state index in [9.17, 15) is 4.79 Å². The Kier molecular flexibility index (Phi) is 2.93. The molecule has 76 valence electrons. The van der Waals surface area contributed by atoms with Crippen molar-refractivity contribution < 1.29 is 9.53 Å². The van der Waals surface area contributed by atoms with Crippen molar-refractivity contribution in [2.24, 2.45) is 5.73 Å². The molecule has 1 heterocycles. The van der Waals surface area contributed by atoms with Gasteiger partial charge in [0.15, 0.2) is 0 Å². The Hall–Kier alpha value is -0.610. The maximum Gasteiger partial charge on any atom is 0.326 e. The van der Waals surface area contributed by atoms with Crippen molar-refractivity contribution in [3.63, 3.8) is 0 Å². The Morgan fingerprint density at radius 1 is 1.69 bits per heavy atom. The highest BCUT2D eigenvalue weighted by atomic mass is 16.5. The second-order valence-electron chi connectivity index (χ2n) is 3.94. The molecule has 0 saturated carbocycles. The molecule has 1 aliphatic rings. The second-order valence-corrected chi connectivity index (χ2v) is 3.94. The molecule has 2 unspecified atom stereocenters. The summed E-state index contributed by atoms with van der Waals surface area (Å²) < 4.78 is 4.78. The van der Waals surface area contributed by atoms with E-state index < -0.39 is 5.54 Å². The monoisotopic (exact) mass is 186 g/mol. The third kappa shape index (κ3) is 1.84. The Balaban J connectivity index is 2.78. The zero-order valence-corrected chi connectivity index (χ0v) is 8.54. The Bertz CT molecular complexity index is 208. The summed E-state index contributed by atoms with van der Waals surface area (Å²) in [6.45, 7) is 2.74. The summed E-state index contributed by atoms with van der Waals surface area (Å²) in [6.07, 6.45) is 1.62. The maximum absolute atomic E-state index is 11.5. The Morgan fingerprint density at radius 2 is 2.31 bits per heavy atom. The lowest BCUT2D eigenvalue weighted by Gasteiger charge is -2.42. The molecular weight excluding hydrogens is 168 g/mol. The van der Waals surface area contributed by atoms with Crippen molar-refractivity contribution in [2.45, 2.75) is 31.3 Å². The van der Waals surface area contributed by atoms with Crippen LogP contribution >= 0.6 is 0 Å². The first-order valence-corrected chi connectivity index (χ1v) is 4.56. The lowest BCUT2D eigenvalue weighted by Crippen LogP contribution is -2.58. The van der Waals surface area contributed by atoms with Gasteiger partial charge < -0.3 is 10.5 Å². The number of likely N-dealkylation sites (N-methyl/N-ethyl adjacent to an activating group) is 1. The number of ether oxygens (including phenoxy) is 1. The molecule has 4 heteroatoms. The average molecular weight is 186 g/mol. The average Bonchev–Trinajstić information content (AvgIpc) is 2.10. The van der Waals surface area contributed by atoms with Gasteiger partial charge in [-0.25, -0.2) is 0 Å². The summed E-state index contributed by atoms with van der Waals surface area (Å²) in [7, 11) is 3.35. The molecule has 13 heavy (non-hydrogen) atoms. The van der Waals surface area contributed by atoms with E-state index in [-0.39, 0.29) is 12.0 Å². The number of hydrogen-bond acceptors (Lipinski definition) is 4. The van der Waals surface area contributed by atoms with Crippen LogP contribution in [0, 0.1) is 0 Å². The summed E-state index contributed by atoms with van der Waals surface area (Å²) in [5, 5.41) is 0. The fourth-order valence-corrected chi connectivity index (χ4v) is 1.83. The summed E-state index contributed by atoms with van der Waals surface area (Å²) in [5.74, 6) is -0.190. The summed E-state index contributed by atoms with van der Waals surface area (Å²) in [6, 6.07) is 0.111. The van der Waals surface area contributed by atoms with Gasteiger partial charge >= 0.3 is 5.97 Å². The minimum Gasteiger partial charge on any atom is -0.468 e. The molecule has 0 spiro atoms. The number of carbonyl (C=O) groups excluding carboxylic acids is 1. The number of methoxy groups -OCH3 is 1. The fourth-order valence-electron chi connectivity index (χ4n) is 1.83. The molecule has 1 rings (SSSR count). The third-order valence-electron chi connectivity index (χ3n) is 2.96. The van der Waals surface area contributed by atoms with Crippen molar-refractivity contribution in [3.05, 3.63) is 0 Å². The fraction of sp³-hybridized carbons (Fsp3) is 0.889. The normalized spacial score (nSPS) is 35.8. The predicted octanol–water partition coefficient (Wildman–Crippen LogP) is -0.0290. The zero-order chi connectivity index (χ0) is 10.1. The van der Waals surface area contributed by atoms with Crippen molar-refractivity contribution in [1.29, 1.82) is 0 Å². The van der Waals surface area contributed by atoms with Crippen molar-refractivity contribution in [3.8, 4) is 0 Å². The van der Waals surface area contributed by atoms with E-state index in [0.29, 0.717) is 6.42 Å². The number of nitrogens with two attached hydrogens (primary N) is 1. The van der Waals surface area contributed by atoms with Crippen LogP contribution in [-0.2, 0) is 9.53 Å². The molecule has 0 aliphatic carbocycles. The van der Waals surface area contributed by atoms with Crippen LogP contribution in [0.1, 0.15) is 19.8 Å². The van der Waals surface area contributed by atoms with Crippen LogP contribution in [0.2, 0.25) is 0 Å². The van der Waals surface area contributed by atoms with Gasteiger partial charge in [-0.15, -0.1) is 0 Å². The van der Waals surface area contributed by atoms with Crippen molar-refractivity contribution in [1.82, 2.24) is 4.90 Å². The Labute approximate surface area is 79.0 Å². The number of rotatable bonds is 1. The molecular formula is C9H18N2O2. The lowest BCUT2D eigenvalue weighted by atomic mass is 9.86. The SMILES string of the molecule is COC(=O)C1(C)CC(N)CCN1C. The standard InChI is InChI=1S/C9H18N2O2/c1-9(8(12)13-3)6-7(10)4-5-11(9)2/h7H,4-6,10H2,1-3H3. The minimum atomic E-state index is -0.535. The van der Waals surface area contributed by atoms with E-state index in [0.717, 1.165) is 13.0 Å². The van der Waals surface area contributed by atoms with Crippen LogP contribution in [0.3, 0.4) is 0 Å². The molecule has 1 aliphatic heterocycles. The molecule has 0 radical (unpaired) electrons. The molecule has 4 nitrogen and oxygen atoms in total. The van der Waals surface area contributed by atoms with E-state index >= 15 is 0 Å². The summed E-state index contributed by atoms with van der Waals surface area (Å²) >= 11 is 0. The quantitative estimate of drug-likeness (QED) is 0.584. The van der Waals surface area contributed by atoms with E-state index in [1.165, 1.54) is 7.11 Å². The van der Waals surface area contributed by atoms with E-state index in [1.54, 1.807) is 0 Å². The lowest BCUT2D eigenvalue weighted by molar-refractivity contribution is -0.155. The number of nitrogens with zero attached hydrogens (tertiary/aromatic N) is 1. The predicted molar refractivity (Wildman–Crippen MR) is 50.3 cm³/mol. The van der Waals surface area contributed by atoms with Crippen LogP contribution in [0.15, 0.2) is 0 Å². The molecule has 1 fully saturated rings. The van der Waals surface area contributed by atoms with Crippen molar-refractivity contribution in [2.75, 3.05) is 20.7 Å². The minimum absolute atomic E-state index is 0.111. The largest absolute Gasteiger partial charge is 0.468 e. The van der Waals surface area contributed by atoms with Crippen LogP contribution in [-0.4, -0.2) is 43.2 Å². The molecule has 0 aromatic heterocycles. The van der Waals surface area contributed by atoms with Gasteiger partial charge in [0, 0.05) is 12.6 Å². The first kappa shape index (κ1) is 10.5. The maximum atomic E-state index is 11.5. The van der Waals surface area contributed by atoms with E-state index in [1.807, 2.05) is 18.9 Å². The van der Waals surface area contributed by atoms with Crippen LogP contribution < -0.4 is 5.73 Å². The van der Waals surface area contributed by atoms with Gasteiger partial charge in [0.25, 0.3) is 0 Å². The molecule has 0 bridgehead atoms. The molecule has 2 N–H and O–H groups in total. The van der Waals surface area contributed by atoms with Crippen LogP contribution in [0.25, 0.3) is 0 Å². The van der Waals surface area contributed by atoms with Gasteiger partial charge in [0.1, 0.15) is 5.54 Å². The number of likely N-dealkylation sites (tertiary alicyclic amines) is 1. The van der Waals surface area contributed by atoms with E-state index in [4.69, 9.17) is 10.5 Å². The smallest absolute Gasteiger partial charge is 0.326 e. The first-order valence-electron chi connectivity index (χ1n) is 4.56. The molecule has 1 saturated heterocycles. The van der Waals surface area contributed by atoms with Crippen LogP contribution in [0.5, 0.6) is 0 Å². The van der Waals surface area contributed by atoms with Gasteiger partial charge in [-0.05, 0) is 26.8 Å². The number of carbonyl (C=O) groups is 1. The molecule has 0 aromatic rings. The highest BCUT2D eigenvalue weighted by molar-refractivity contribution is 5.80. The number of piperidine rings is 1. The van der Waals surface area contributed by atoms with Gasteiger partial charge in [-0.3, -0.25) is 9.69 Å². The second kappa shape index (κ2) is 3.64. The summed E-state index contributed by atoms with van der Waals surface area (Å²) in [5.41, 5.74) is 5.30. The van der Waals surface area contributed by atoms with Gasteiger partial charge in [0.05, 0.1) is 7.11 Å². The van der Waals surface area contributed by atoms with Gasteiger partial charge in [0.2, 0.25) is 0 Å². The first-order chi connectivity index (χ1) is 6.00. The number of hydrogen-bond donors (Lipinski definition) is 1. The van der Waals surface area contributed by atoms with Gasteiger partial charge in [-0.2, -0.15) is 0 Å². The topological polar surface area (TPSA) is 55.6 Å². The molecule has 2 atom stereocenters. The zero-order valence-electron chi connectivity index (χ0n) is 8.54.